The molecule has 0 saturated carbocycles. The molecule has 0 spiro atoms. The minimum Gasteiger partial charge on any atom is -0.491 e. The highest BCUT2D eigenvalue weighted by atomic mass is 32.2. The van der Waals surface area contributed by atoms with Crippen LogP contribution in [0.4, 0.5) is 17.1 Å². The quantitative estimate of drug-likeness (QED) is 0.273. The number of rotatable bonds is 6. The molecule has 0 saturated heterocycles. The summed E-state index contributed by atoms with van der Waals surface area (Å²) in [5.74, 6) is 5.66. The Morgan fingerprint density at radius 2 is 1.82 bits per heavy atom. The average molecular weight is 400 g/mol. The Labute approximate surface area is 160 Å². The topological polar surface area (TPSA) is 152 Å². The largest absolute Gasteiger partial charge is 0.491 e. The first-order chi connectivity index (χ1) is 13.5. The van der Waals surface area contributed by atoms with Crippen molar-refractivity contribution < 1.29 is 17.7 Å². The van der Waals surface area contributed by atoms with Gasteiger partial charge < -0.3 is 10.6 Å². The summed E-state index contributed by atoms with van der Waals surface area (Å²) in [4.78, 5) is 3.64. The maximum Gasteiger partial charge on any atom is 0.295 e. The van der Waals surface area contributed by atoms with E-state index in [-0.39, 0.29) is 21.7 Å². The number of fused-ring (bicyclic) bond motifs is 1. The predicted molar refractivity (Wildman–Crippen MR) is 102 cm³/mol. The summed E-state index contributed by atoms with van der Waals surface area (Å²) >= 11 is 0. The first kappa shape index (κ1) is 19.3. The highest BCUT2D eigenvalue weighted by Gasteiger charge is 2.20. The van der Waals surface area contributed by atoms with Gasteiger partial charge in [0.1, 0.15) is 27.7 Å². The third-order valence-electron chi connectivity index (χ3n) is 3.72. The number of hydrogen-bond donors (Lipinski definition) is 2. The molecular weight excluding hydrogens is 384 g/mol. The van der Waals surface area contributed by atoms with Crippen LogP contribution in [-0.2, 0) is 10.1 Å². The van der Waals surface area contributed by atoms with E-state index in [0.29, 0.717) is 23.4 Å². The molecule has 28 heavy (non-hydrogen) atoms. The summed E-state index contributed by atoms with van der Waals surface area (Å²) < 4.78 is 38.8. The predicted octanol–water partition coefficient (Wildman–Crippen LogP) is 4.25. The van der Waals surface area contributed by atoms with Crippen LogP contribution in [0, 0.1) is 0 Å². The number of pyridine rings is 1. The van der Waals surface area contributed by atoms with E-state index in [9.17, 15) is 13.0 Å². The van der Waals surface area contributed by atoms with Crippen molar-refractivity contribution in [1.29, 1.82) is 0 Å². The summed E-state index contributed by atoms with van der Waals surface area (Å²) in [5.41, 5.74) is 0.587. The molecule has 0 fully saturated rings. The van der Waals surface area contributed by atoms with E-state index in [1.54, 1.807) is 30.5 Å². The normalized spacial score (nSPS) is 12.2. The van der Waals surface area contributed by atoms with E-state index in [4.69, 9.17) is 10.6 Å². The van der Waals surface area contributed by atoms with Gasteiger partial charge in [-0.3, -0.25) is 9.54 Å². The van der Waals surface area contributed by atoms with Crippen molar-refractivity contribution >= 4 is 38.0 Å². The standard InChI is InChI=1S/C17H16N6O4S/c1-2-27-15-7-8-19-10-14(15)21-20-13-9-16(28(24,25)26)11-5-3-4-6-12(11)17(13)22-23-18/h3-10H,2H2,1H3,(H2,18,22)(H,24,25,26). The van der Waals surface area contributed by atoms with Gasteiger partial charge in [0.2, 0.25) is 0 Å². The van der Waals surface area contributed by atoms with Crippen LogP contribution in [0.2, 0.25) is 0 Å². The number of nitrogens with two attached hydrogens (primary N) is 1. The summed E-state index contributed by atoms with van der Waals surface area (Å²) in [6.07, 6.45) is 2.99. The Balaban J connectivity index is 2.24. The van der Waals surface area contributed by atoms with E-state index in [1.807, 2.05) is 6.92 Å². The number of azo groups is 1. The third kappa shape index (κ3) is 3.94. The molecule has 0 bridgehead atoms. The lowest BCUT2D eigenvalue weighted by Gasteiger charge is -2.09. The fraction of sp³-hybridized carbons (Fsp3) is 0.118. The van der Waals surface area contributed by atoms with Crippen LogP contribution < -0.4 is 10.6 Å². The van der Waals surface area contributed by atoms with Crippen molar-refractivity contribution in [3.05, 3.63) is 48.8 Å². The Morgan fingerprint density at radius 1 is 1.11 bits per heavy atom. The highest BCUT2D eigenvalue weighted by molar-refractivity contribution is 7.86. The van der Waals surface area contributed by atoms with Crippen LogP contribution in [0.1, 0.15) is 6.92 Å². The molecule has 0 aliphatic carbocycles. The number of ether oxygens (including phenoxy) is 1. The van der Waals surface area contributed by atoms with Crippen molar-refractivity contribution in [2.24, 2.45) is 26.4 Å². The van der Waals surface area contributed by atoms with Crippen LogP contribution in [0.3, 0.4) is 0 Å². The van der Waals surface area contributed by atoms with Crippen molar-refractivity contribution in [3.63, 3.8) is 0 Å². The fourth-order valence-electron chi connectivity index (χ4n) is 2.60. The van der Waals surface area contributed by atoms with Crippen molar-refractivity contribution in [3.8, 4) is 5.75 Å². The molecule has 0 amide bonds. The van der Waals surface area contributed by atoms with E-state index >= 15 is 0 Å². The van der Waals surface area contributed by atoms with Crippen molar-refractivity contribution in [2.45, 2.75) is 11.8 Å². The van der Waals surface area contributed by atoms with Gasteiger partial charge in [-0.2, -0.15) is 8.42 Å². The van der Waals surface area contributed by atoms with Gasteiger partial charge in [-0.15, -0.1) is 15.3 Å². The molecule has 0 unspecified atom stereocenters. The smallest absolute Gasteiger partial charge is 0.295 e. The minimum absolute atomic E-state index is 0.0480. The third-order valence-corrected chi connectivity index (χ3v) is 4.61. The van der Waals surface area contributed by atoms with Gasteiger partial charge in [-0.25, -0.2) is 0 Å². The van der Waals surface area contributed by atoms with Gasteiger partial charge in [0, 0.05) is 23.0 Å². The minimum atomic E-state index is -4.53. The molecule has 1 heterocycles. The molecule has 0 atom stereocenters. The van der Waals surface area contributed by atoms with Gasteiger partial charge in [0.15, 0.2) is 0 Å². The molecule has 1 aromatic heterocycles. The van der Waals surface area contributed by atoms with Gasteiger partial charge in [-0.05, 0) is 13.0 Å². The van der Waals surface area contributed by atoms with Crippen LogP contribution in [0.15, 0.2) is 74.3 Å². The van der Waals surface area contributed by atoms with E-state index in [2.05, 4.69) is 25.5 Å². The first-order valence-electron chi connectivity index (χ1n) is 8.08. The van der Waals surface area contributed by atoms with Crippen LogP contribution in [0.25, 0.3) is 10.8 Å². The summed E-state index contributed by atoms with van der Waals surface area (Å²) in [7, 11) is -4.53. The Bertz CT molecular complexity index is 1180. The first-order valence-corrected chi connectivity index (χ1v) is 9.52. The monoisotopic (exact) mass is 400 g/mol. The number of hydrogen-bond acceptors (Lipinski definition) is 8. The molecule has 2 aromatic carbocycles. The highest BCUT2D eigenvalue weighted by Crippen LogP contribution is 2.41. The number of nitrogens with zero attached hydrogens (tertiary/aromatic N) is 5. The molecule has 144 valence electrons. The Kier molecular flexibility index (Phi) is 5.57. The lowest BCUT2D eigenvalue weighted by molar-refractivity contribution is 0.341. The van der Waals surface area contributed by atoms with Gasteiger partial charge in [0.25, 0.3) is 10.1 Å². The van der Waals surface area contributed by atoms with E-state index in [0.717, 1.165) is 6.07 Å². The summed E-state index contributed by atoms with van der Waals surface area (Å²) in [5, 5.41) is 15.9. The number of benzene rings is 2. The van der Waals surface area contributed by atoms with Crippen LogP contribution in [-0.4, -0.2) is 24.6 Å². The van der Waals surface area contributed by atoms with E-state index < -0.39 is 10.1 Å². The molecule has 10 nitrogen and oxygen atoms in total. The van der Waals surface area contributed by atoms with Gasteiger partial charge >= 0.3 is 0 Å². The SMILES string of the molecule is CCOc1ccncc1N=Nc1cc(S(=O)(=O)O)c2ccccc2c1N=NN. The Hall–Kier alpha value is -3.44. The molecule has 0 radical (unpaired) electrons. The Morgan fingerprint density at radius 3 is 2.50 bits per heavy atom. The van der Waals surface area contributed by atoms with E-state index in [1.165, 1.54) is 12.3 Å². The molecule has 3 aromatic rings. The average Bonchev–Trinajstić information content (AvgIpc) is 2.67. The zero-order chi connectivity index (χ0) is 20.1. The lowest BCUT2D eigenvalue weighted by Crippen LogP contribution is -1.99. The van der Waals surface area contributed by atoms with Crippen molar-refractivity contribution in [2.75, 3.05) is 6.61 Å². The molecule has 11 heteroatoms. The maximum absolute atomic E-state index is 11.9. The second-order valence-corrected chi connectivity index (χ2v) is 6.84. The zero-order valence-electron chi connectivity index (χ0n) is 14.7. The summed E-state index contributed by atoms with van der Waals surface area (Å²) in [6, 6.07) is 9.24. The molecule has 3 rings (SSSR count). The number of aromatic nitrogens is 1. The van der Waals surface area contributed by atoms with Crippen molar-refractivity contribution in [1.82, 2.24) is 4.98 Å². The zero-order valence-corrected chi connectivity index (χ0v) is 15.5. The second-order valence-electron chi connectivity index (χ2n) is 5.45. The fourth-order valence-corrected chi connectivity index (χ4v) is 3.32. The lowest BCUT2D eigenvalue weighted by atomic mass is 10.1. The molecule has 3 N–H and O–H groups in total. The summed E-state index contributed by atoms with van der Waals surface area (Å²) in [6.45, 7) is 2.24. The van der Waals surface area contributed by atoms with Gasteiger partial charge in [0.05, 0.1) is 12.8 Å². The second kappa shape index (κ2) is 8.06. The van der Waals surface area contributed by atoms with Crippen LogP contribution in [0.5, 0.6) is 5.75 Å². The molecule has 0 aliphatic heterocycles. The van der Waals surface area contributed by atoms with Gasteiger partial charge in [-0.1, -0.05) is 29.5 Å². The maximum atomic E-state index is 11.9. The van der Waals surface area contributed by atoms with Crippen LogP contribution >= 0.6 is 0 Å². The molecule has 0 aliphatic rings. The molecular formula is C17H16N6O4S.